The van der Waals surface area contributed by atoms with Crippen molar-refractivity contribution < 1.29 is 9.72 Å². The third-order valence-corrected chi connectivity index (χ3v) is 2.17. The molecule has 0 spiro atoms. The number of nitro benzene ring substituents is 1. The van der Waals surface area contributed by atoms with E-state index >= 15 is 0 Å². The second kappa shape index (κ2) is 5.80. The van der Waals surface area contributed by atoms with Gasteiger partial charge in [0.2, 0.25) is 5.91 Å². The Morgan fingerprint density at radius 3 is 2.71 bits per heavy atom. The van der Waals surface area contributed by atoms with Crippen LogP contribution in [-0.4, -0.2) is 31.0 Å². The number of nitrogens with one attached hydrogen (secondary N) is 2. The van der Waals surface area contributed by atoms with Gasteiger partial charge in [-0.1, -0.05) is 0 Å². The van der Waals surface area contributed by atoms with Gasteiger partial charge in [-0.15, -0.1) is 0 Å². The van der Waals surface area contributed by atoms with E-state index in [1.807, 2.05) is 0 Å². The van der Waals surface area contributed by atoms with Gasteiger partial charge in [-0.05, 0) is 19.2 Å². The fourth-order valence-electron chi connectivity index (χ4n) is 1.31. The monoisotopic (exact) mass is 238 g/mol. The highest BCUT2D eigenvalue weighted by molar-refractivity contribution is 5.94. The average Bonchev–Trinajstić information content (AvgIpc) is 2.29. The van der Waals surface area contributed by atoms with E-state index in [0.29, 0.717) is 18.8 Å². The first kappa shape index (κ1) is 12.9. The number of likely N-dealkylation sites (N-methyl/N-ethyl adjacent to an activating group) is 1. The number of nitrogens with two attached hydrogens (primary N) is 1. The number of amides is 1. The van der Waals surface area contributed by atoms with E-state index in [0.717, 1.165) is 0 Å². The molecule has 0 bridgehead atoms. The van der Waals surface area contributed by atoms with Crippen molar-refractivity contribution >= 4 is 17.3 Å². The Kier molecular flexibility index (Phi) is 4.41. The largest absolute Gasteiger partial charge is 0.378 e. The van der Waals surface area contributed by atoms with Crippen LogP contribution in [-0.2, 0) is 0 Å². The molecule has 0 atom stereocenters. The Hall–Kier alpha value is -2.15. The number of carbonyl (C=O) groups is 1. The summed E-state index contributed by atoms with van der Waals surface area (Å²) in [6.45, 7) is 1.22. The molecule has 0 aliphatic heterocycles. The van der Waals surface area contributed by atoms with Gasteiger partial charge in [-0.3, -0.25) is 14.9 Å². The zero-order valence-electron chi connectivity index (χ0n) is 9.40. The summed E-state index contributed by atoms with van der Waals surface area (Å²) in [5.74, 6) is -0.685. The molecular formula is C10H14N4O3. The maximum Gasteiger partial charge on any atom is 0.293 e. The Morgan fingerprint density at radius 2 is 2.18 bits per heavy atom. The first-order chi connectivity index (χ1) is 8.06. The van der Waals surface area contributed by atoms with Crippen LogP contribution in [0, 0.1) is 10.1 Å². The number of carbonyl (C=O) groups excluding carboxylic acids is 1. The minimum atomic E-state index is -0.685. The van der Waals surface area contributed by atoms with Crippen molar-refractivity contribution in [1.82, 2.24) is 5.32 Å². The Balaban J connectivity index is 2.96. The standard InChI is InChI=1S/C10H14N4O3/c1-12-4-5-13-8-3-2-7(10(11)15)6-9(8)14(16)17/h2-3,6,12-13H,4-5H2,1H3,(H2,11,15). The van der Waals surface area contributed by atoms with Crippen molar-refractivity contribution in [3.05, 3.63) is 33.9 Å². The van der Waals surface area contributed by atoms with Crippen LogP contribution in [0.5, 0.6) is 0 Å². The fraction of sp³-hybridized carbons (Fsp3) is 0.300. The van der Waals surface area contributed by atoms with Crippen LogP contribution in [0.2, 0.25) is 0 Å². The van der Waals surface area contributed by atoms with Crippen LogP contribution in [0.1, 0.15) is 10.4 Å². The predicted octanol–water partition coefficient (Wildman–Crippen LogP) is 0.325. The number of nitro groups is 1. The van der Waals surface area contributed by atoms with Gasteiger partial charge in [0.05, 0.1) is 4.92 Å². The zero-order valence-corrected chi connectivity index (χ0v) is 9.40. The summed E-state index contributed by atoms with van der Waals surface area (Å²) in [6, 6.07) is 4.11. The van der Waals surface area contributed by atoms with E-state index in [2.05, 4.69) is 10.6 Å². The van der Waals surface area contributed by atoms with E-state index in [1.165, 1.54) is 18.2 Å². The molecule has 1 rings (SSSR count). The van der Waals surface area contributed by atoms with E-state index in [9.17, 15) is 14.9 Å². The summed E-state index contributed by atoms with van der Waals surface area (Å²) in [5.41, 5.74) is 5.40. The average molecular weight is 238 g/mol. The summed E-state index contributed by atoms with van der Waals surface area (Å²) >= 11 is 0. The molecule has 7 nitrogen and oxygen atoms in total. The highest BCUT2D eigenvalue weighted by atomic mass is 16.6. The summed E-state index contributed by atoms with van der Waals surface area (Å²) in [6.07, 6.45) is 0. The topological polar surface area (TPSA) is 110 Å². The van der Waals surface area contributed by atoms with Crippen molar-refractivity contribution in [3.8, 4) is 0 Å². The second-order valence-corrected chi connectivity index (χ2v) is 3.38. The molecule has 92 valence electrons. The summed E-state index contributed by atoms with van der Waals surface area (Å²) in [4.78, 5) is 21.2. The predicted molar refractivity (Wildman–Crippen MR) is 64.0 cm³/mol. The minimum absolute atomic E-state index is 0.121. The van der Waals surface area contributed by atoms with Gasteiger partial charge in [0.25, 0.3) is 5.69 Å². The maximum atomic E-state index is 10.9. The molecule has 0 heterocycles. The lowest BCUT2D eigenvalue weighted by atomic mass is 10.1. The van der Waals surface area contributed by atoms with Crippen molar-refractivity contribution in [2.75, 3.05) is 25.5 Å². The molecule has 0 aliphatic carbocycles. The molecule has 1 aromatic carbocycles. The number of primary amides is 1. The molecule has 4 N–H and O–H groups in total. The summed E-state index contributed by atoms with van der Waals surface area (Å²) in [5, 5.41) is 16.6. The Morgan fingerprint density at radius 1 is 1.47 bits per heavy atom. The van der Waals surface area contributed by atoms with Crippen LogP contribution >= 0.6 is 0 Å². The van der Waals surface area contributed by atoms with Gasteiger partial charge in [0, 0.05) is 24.7 Å². The van der Waals surface area contributed by atoms with E-state index in [-0.39, 0.29) is 11.3 Å². The van der Waals surface area contributed by atoms with Crippen molar-refractivity contribution in [2.45, 2.75) is 0 Å². The maximum absolute atomic E-state index is 10.9. The minimum Gasteiger partial charge on any atom is -0.378 e. The normalized spacial score (nSPS) is 9.94. The number of hydrogen-bond donors (Lipinski definition) is 3. The summed E-state index contributed by atoms with van der Waals surface area (Å²) in [7, 11) is 1.78. The molecule has 0 saturated carbocycles. The Bertz CT molecular complexity index is 434. The number of nitrogens with zero attached hydrogens (tertiary/aromatic N) is 1. The summed E-state index contributed by atoms with van der Waals surface area (Å²) < 4.78 is 0. The highest BCUT2D eigenvalue weighted by Crippen LogP contribution is 2.25. The first-order valence-corrected chi connectivity index (χ1v) is 5.03. The third-order valence-electron chi connectivity index (χ3n) is 2.17. The van der Waals surface area contributed by atoms with Crippen molar-refractivity contribution in [3.63, 3.8) is 0 Å². The molecule has 0 radical (unpaired) electrons. The van der Waals surface area contributed by atoms with Crippen molar-refractivity contribution in [1.29, 1.82) is 0 Å². The van der Waals surface area contributed by atoms with Gasteiger partial charge >= 0.3 is 0 Å². The van der Waals surface area contributed by atoms with Gasteiger partial charge < -0.3 is 16.4 Å². The van der Waals surface area contributed by atoms with Crippen LogP contribution in [0.4, 0.5) is 11.4 Å². The van der Waals surface area contributed by atoms with Crippen molar-refractivity contribution in [2.24, 2.45) is 5.73 Å². The molecular weight excluding hydrogens is 224 g/mol. The highest BCUT2D eigenvalue weighted by Gasteiger charge is 2.15. The molecule has 0 aliphatic rings. The van der Waals surface area contributed by atoms with Gasteiger partial charge in [-0.25, -0.2) is 0 Å². The molecule has 7 heteroatoms. The molecule has 0 fully saturated rings. The smallest absolute Gasteiger partial charge is 0.293 e. The zero-order chi connectivity index (χ0) is 12.8. The van der Waals surface area contributed by atoms with E-state index in [4.69, 9.17) is 5.73 Å². The van der Waals surface area contributed by atoms with E-state index < -0.39 is 10.8 Å². The molecule has 1 amide bonds. The lowest BCUT2D eigenvalue weighted by Crippen LogP contribution is -2.18. The molecule has 0 aromatic heterocycles. The fourth-order valence-corrected chi connectivity index (χ4v) is 1.31. The van der Waals surface area contributed by atoms with Crippen LogP contribution in [0.3, 0.4) is 0 Å². The van der Waals surface area contributed by atoms with Gasteiger partial charge in [0.15, 0.2) is 0 Å². The first-order valence-electron chi connectivity index (χ1n) is 5.03. The number of hydrogen-bond acceptors (Lipinski definition) is 5. The third kappa shape index (κ3) is 3.42. The quantitative estimate of drug-likeness (QED) is 0.375. The van der Waals surface area contributed by atoms with Crippen LogP contribution in [0.15, 0.2) is 18.2 Å². The Labute approximate surface area is 98.1 Å². The lowest BCUT2D eigenvalue weighted by Gasteiger charge is -2.07. The van der Waals surface area contributed by atoms with Gasteiger partial charge in [0.1, 0.15) is 5.69 Å². The van der Waals surface area contributed by atoms with Gasteiger partial charge in [-0.2, -0.15) is 0 Å². The molecule has 1 aromatic rings. The molecule has 0 unspecified atom stereocenters. The number of rotatable bonds is 6. The van der Waals surface area contributed by atoms with Crippen LogP contribution < -0.4 is 16.4 Å². The van der Waals surface area contributed by atoms with E-state index in [1.54, 1.807) is 7.05 Å². The molecule has 17 heavy (non-hydrogen) atoms. The second-order valence-electron chi connectivity index (χ2n) is 3.38. The van der Waals surface area contributed by atoms with Crippen LogP contribution in [0.25, 0.3) is 0 Å². The SMILES string of the molecule is CNCCNc1ccc(C(N)=O)cc1[N+](=O)[O-]. The lowest BCUT2D eigenvalue weighted by molar-refractivity contribution is -0.384. The number of anilines is 1. The molecule has 0 saturated heterocycles. The number of benzene rings is 1.